The molecule has 0 aliphatic heterocycles. The van der Waals surface area contributed by atoms with Crippen LogP contribution in [0.3, 0.4) is 0 Å². The number of carbonyl (C=O) groups is 1. The second-order valence-electron chi connectivity index (χ2n) is 5.19. The molecule has 25 heavy (non-hydrogen) atoms. The smallest absolute Gasteiger partial charge is 0.277 e. The van der Waals surface area contributed by atoms with Gasteiger partial charge in [0.15, 0.2) is 5.69 Å². The third kappa shape index (κ3) is 4.37. The quantitative estimate of drug-likeness (QED) is 0.614. The molecular formula is C18H15Cl2N3OS. The number of carbonyl (C=O) groups excluding carboxylic acids is 1. The first-order chi connectivity index (χ1) is 12.1. The van der Waals surface area contributed by atoms with Crippen LogP contribution in [0.4, 0.5) is 5.69 Å². The average molecular weight is 392 g/mol. The fourth-order valence-electron chi connectivity index (χ4n) is 2.18. The Bertz CT molecular complexity index is 894. The van der Waals surface area contributed by atoms with Crippen LogP contribution in [0.1, 0.15) is 17.4 Å². The number of aromatic nitrogens is 2. The summed E-state index contributed by atoms with van der Waals surface area (Å²) in [5.41, 5.74) is 0.921. The summed E-state index contributed by atoms with van der Waals surface area (Å²) in [5, 5.41) is 8.11. The Morgan fingerprint density at radius 3 is 2.56 bits per heavy atom. The van der Waals surface area contributed by atoms with Crippen LogP contribution in [-0.4, -0.2) is 15.7 Å². The highest BCUT2D eigenvalue weighted by Crippen LogP contribution is 2.34. The molecule has 1 N–H and O–H groups in total. The van der Waals surface area contributed by atoms with Gasteiger partial charge >= 0.3 is 0 Å². The van der Waals surface area contributed by atoms with E-state index >= 15 is 0 Å². The molecule has 1 heterocycles. The lowest BCUT2D eigenvalue weighted by atomic mass is 10.3. The number of para-hydroxylation sites is 1. The minimum Gasteiger partial charge on any atom is -0.319 e. The second-order valence-corrected chi connectivity index (χ2v) is 7.15. The van der Waals surface area contributed by atoms with Crippen LogP contribution >= 0.6 is 35.0 Å². The number of halogens is 2. The summed E-state index contributed by atoms with van der Waals surface area (Å²) in [7, 11) is 0. The van der Waals surface area contributed by atoms with Gasteiger partial charge in [-0.15, -0.1) is 0 Å². The number of hydrogen-bond acceptors (Lipinski definition) is 3. The standard InChI is InChI=1S/C18H15Cl2N3OS/c1-2-23-11-14(20)17(22-23)18(24)21-15-5-3-4-6-16(15)25-13-9-7-12(19)8-10-13/h3-11H,2H2,1H3,(H,21,24). The summed E-state index contributed by atoms with van der Waals surface area (Å²) in [6, 6.07) is 15.1. The first-order valence-corrected chi connectivity index (χ1v) is 9.21. The van der Waals surface area contributed by atoms with Crippen LogP contribution in [0.25, 0.3) is 0 Å². The van der Waals surface area contributed by atoms with E-state index in [2.05, 4.69) is 10.4 Å². The Hall–Kier alpha value is -1.95. The van der Waals surface area contributed by atoms with Gasteiger partial charge in [-0.3, -0.25) is 9.48 Å². The number of nitrogens with zero attached hydrogens (tertiary/aromatic N) is 2. The molecule has 0 radical (unpaired) electrons. The topological polar surface area (TPSA) is 46.9 Å². The Balaban J connectivity index is 1.81. The van der Waals surface area contributed by atoms with E-state index in [-0.39, 0.29) is 11.6 Å². The van der Waals surface area contributed by atoms with E-state index in [4.69, 9.17) is 23.2 Å². The zero-order valence-corrected chi connectivity index (χ0v) is 15.7. The molecule has 0 bridgehead atoms. The molecule has 0 spiro atoms. The van der Waals surface area contributed by atoms with Crippen molar-refractivity contribution in [2.24, 2.45) is 0 Å². The van der Waals surface area contributed by atoms with Crippen LogP contribution in [0.5, 0.6) is 0 Å². The largest absolute Gasteiger partial charge is 0.319 e. The minimum atomic E-state index is -0.332. The molecule has 1 aromatic heterocycles. The number of amides is 1. The highest BCUT2D eigenvalue weighted by molar-refractivity contribution is 7.99. The van der Waals surface area contributed by atoms with Crippen molar-refractivity contribution in [3.63, 3.8) is 0 Å². The molecule has 0 fully saturated rings. The first-order valence-electron chi connectivity index (χ1n) is 7.63. The van der Waals surface area contributed by atoms with E-state index in [0.717, 1.165) is 9.79 Å². The highest BCUT2D eigenvalue weighted by atomic mass is 35.5. The van der Waals surface area contributed by atoms with Crippen molar-refractivity contribution in [2.75, 3.05) is 5.32 Å². The fourth-order valence-corrected chi connectivity index (χ4v) is 3.45. The molecule has 3 rings (SSSR count). The fraction of sp³-hybridized carbons (Fsp3) is 0.111. The van der Waals surface area contributed by atoms with E-state index < -0.39 is 0 Å². The summed E-state index contributed by atoms with van der Waals surface area (Å²) < 4.78 is 1.63. The van der Waals surface area contributed by atoms with Crippen LogP contribution in [0.2, 0.25) is 10.0 Å². The van der Waals surface area contributed by atoms with Gasteiger partial charge in [0, 0.05) is 27.6 Å². The molecule has 0 atom stereocenters. The van der Waals surface area contributed by atoms with Crippen LogP contribution in [0, 0.1) is 0 Å². The molecule has 2 aromatic carbocycles. The first kappa shape index (κ1) is 17.9. The Morgan fingerprint density at radius 1 is 1.16 bits per heavy atom. The third-order valence-electron chi connectivity index (χ3n) is 3.43. The van der Waals surface area contributed by atoms with Crippen LogP contribution in [-0.2, 0) is 6.54 Å². The lowest BCUT2D eigenvalue weighted by Crippen LogP contribution is -2.14. The highest BCUT2D eigenvalue weighted by Gasteiger charge is 2.17. The number of aryl methyl sites for hydroxylation is 1. The average Bonchev–Trinajstić information content (AvgIpc) is 3.00. The molecule has 128 valence electrons. The normalized spacial score (nSPS) is 10.7. The van der Waals surface area contributed by atoms with Crippen molar-refractivity contribution >= 4 is 46.6 Å². The lowest BCUT2D eigenvalue weighted by Gasteiger charge is -2.10. The third-order valence-corrected chi connectivity index (χ3v) is 5.05. The van der Waals surface area contributed by atoms with Crippen molar-refractivity contribution in [2.45, 2.75) is 23.3 Å². The maximum absolute atomic E-state index is 12.5. The van der Waals surface area contributed by atoms with Gasteiger partial charge in [-0.1, -0.05) is 47.1 Å². The van der Waals surface area contributed by atoms with Gasteiger partial charge in [-0.25, -0.2) is 0 Å². The molecule has 0 aliphatic rings. The second kappa shape index (κ2) is 7.95. The Morgan fingerprint density at radius 2 is 1.88 bits per heavy atom. The number of benzene rings is 2. The van der Waals surface area contributed by atoms with Gasteiger partial charge < -0.3 is 5.32 Å². The summed E-state index contributed by atoms with van der Waals surface area (Å²) in [6.07, 6.45) is 1.64. The van der Waals surface area contributed by atoms with Gasteiger partial charge in [-0.05, 0) is 43.3 Å². The van der Waals surface area contributed by atoms with E-state index in [1.165, 1.54) is 0 Å². The van der Waals surface area contributed by atoms with Crippen LogP contribution < -0.4 is 5.32 Å². The molecular weight excluding hydrogens is 377 g/mol. The molecule has 1 amide bonds. The molecule has 0 saturated heterocycles. The zero-order chi connectivity index (χ0) is 17.8. The number of anilines is 1. The molecule has 7 heteroatoms. The number of rotatable bonds is 5. The lowest BCUT2D eigenvalue weighted by molar-refractivity contribution is 0.102. The molecule has 0 saturated carbocycles. The maximum atomic E-state index is 12.5. The Kier molecular flexibility index (Phi) is 5.68. The maximum Gasteiger partial charge on any atom is 0.277 e. The van der Waals surface area contributed by atoms with Gasteiger partial charge in [0.05, 0.1) is 10.7 Å². The number of nitrogens with one attached hydrogen (secondary N) is 1. The predicted molar refractivity (Wildman–Crippen MR) is 103 cm³/mol. The summed E-state index contributed by atoms with van der Waals surface area (Å²) in [5.74, 6) is -0.332. The SMILES string of the molecule is CCn1cc(Cl)c(C(=O)Nc2ccccc2Sc2ccc(Cl)cc2)n1. The zero-order valence-electron chi connectivity index (χ0n) is 13.4. The predicted octanol–water partition coefficient (Wildman–Crippen LogP) is 5.61. The molecule has 0 unspecified atom stereocenters. The molecule has 4 nitrogen and oxygen atoms in total. The van der Waals surface area contributed by atoms with Crippen molar-refractivity contribution in [1.29, 1.82) is 0 Å². The Labute approximate surface area is 160 Å². The van der Waals surface area contributed by atoms with Crippen molar-refractivity contribution < 1.29 is 4.79 Å². The van der Waals surface area contributed by atoms with E-state index in [1.807, 2.05) is 55.5 Å². The molecule has 0 aliphatic carbocycles. The van der Waals surface area contributed by atoms with E-state index in [9.17, 15) is 4.79 Å². The van der Waals surface area contributed by atoms with Crippen molar-refractivity contribution in [3.05, 3.63) is 70.5 Å². The van der Waals surface area contributed by atoms with Crippen LogP contribution in [0.15, 0.2) is 64.5 Å². The van der Waals surface area contributed by atoms with Gasteiger partial charge in [-0.2, -0.15) is 5.10 Å². The summed E-state index contributed by atoms with van der Waals surface area (Å²) in [6.45, 7) is 2.58. The van der Waals surface area contributed by atoms with Gasteiger partial charge in [0.1, 0.15) is 0 Å². The molecule has 3 aromatic rings. The summed E-state index contributed by atoms with van der Waals surface area (Å²) in [4.78, 5) is 14.5. The minimum absolute atomic E-state index is 0.217. The van der Waals surface area contributed by atoms with Crippen molar-refractivity contribution in [1.82, 2.24) is 9.78 Å². The number of hydrogen-bond donors (Lipinski definition) is 1. The van der Waals surface area contributed by atoms with E-state index in [0.29, 0.717) is 22.3 Å². The monoisotopic (exact) mass is 391 g/mol. The van der Waals surface area contributed by atoms with Gasteiger partial charge in [0.2, 0.25) is 0 Å². The van der Waals surface area contributed by atoms with Gasteiger partial charge in [0.25, 0.3) is 5.91 Å². The summed E-state index contributed by atoms with van der Waals surface area (Å²) >= 11 is 13.6. The van der Waals surface area contributed by atoms with Crippen molar-refractivity contribution in [3.8, 4) is 0 Å². The van der Waals surface area contributed by atoms with E-state index in [1.54, 1.807) is 22.6 Å².